The summed E-state index contributed by atoms with van der Waals surface area (Å²) in [5.41, 5.74) is 4.52. The number of rotatable bonds is 2. The molecule has 10 heteroatoms. The molecule has 2 heterocycles. The third kappa shape index (κ3) is 3.27. The van der Waals surface area contributed by atoms with Gasteiger partial charge in [0, 0.05) is 24.4 Å². The number of ether oxygens (including phenoxy) is 1. The second-order valence-electron chi connectivity index (χ2n) is 8.39. The molecule has 3 N–H and O–H groups in total. The maximum Gasteiger partial charge on any atom is 0.354 e. The SMILES string of the molecule is C[C@@H]1COc2c([S@](N)(=O)=NC(=O)Nc3c4c(cc5c3C[C@@H](F)C5)CCC4)cnn2C1. The van der Waals surface area contributed by atoms with E-state index in [1.165, 1.54) is 6.20 Å². The summed E-state index contributed by atoms with van der Waals surface area (Å²) in [6.07, 6.45) is 3.73. The Bertz CT molecular complexity index is 1170. The lowest BCUT2D eigenvalue weighted by Gasteiger charge is -2.21. The summed E-state index contributed by atoms with van der Waals surface area (Å²) in [6.45, 7) is 3.08. The average molecular weight is 434 g/mol. The minimum Gasteiger partial charge on any atom is -0.477 e. The molecule has 2 aliphatic carbocycles. The first-order valence-electron chi connectivity index (χ1n) is 10.2. The Morgan fingerprint density at radius 3 is 3.03 bits per heavy atom. The third-order valence-corrected chi connectivity index (χ3v) is 7.33. The van der Waals surface area contributed by atoms with Crippen molar-refractivity contribution in [3.63, 3.8) is 0 Å². The van der Waals surface area contributed by atoms with Crippen LogP contribution >= 0.6 is 0 Å². The van der Waals surface area contributed by atoms with E-state index < -0.39 is 22.1 Å². The summed E-state index contributed by atoms with van der Waals surface area (Å²) in [7, 11) is -3.55. The number of nitrogens with one attached hydrogen (secondary N) is 1. The molecule has 2 amide bonds. The first-order chi connectivity index (χ1) is 14.3. The van der Waals surface area contributed by atoms with E-state index in [9.17, 15) is 13.4 Å². The second-order valence-corrected chi connectivity index (χ2v) is 10.1. The Kier molecular flexibility index (Phi) is 4.59. The molecular weight excluding hydrogens is 409 g/mol. The van der Waals surface area contributed by atoms with Crippen LogP contribution in [-0.2, 0) is 42.1 Å². The number of nitrogens with zero attached hydrogens (tertiary/aromatic N) is 3. The molecule has 0 radical (unpaired) electrons. The standard InChI is InChI=1S/C20H24FN5O3S/c1-11-9-26-19(29-10-11)17(8-23-26)30(22,28)25-20(27)24-18-15-4-2-3-12(15)5-13-6-14(21)7-16(13)18/h5,8,11,14H,2-4,6-7,9-10H2,1H3,(H3,22,24,25,27,28)/t11-,14-,30+/m0/s1. The highest BCUT2D eigenvalue weighted by molar-refractivity contribution is 7.91. The molecule has 0 saturated heterocycles. The minimum atomic E-state index is -3.55. The highest BCUT2D eigenvalue weighted by Crippen LogP contribution is 2.39. The Labute approximate surface area is 174 Å². The number of aryl methyl sites for hydroxylation is 1. The van der Waals surface area contributed by atoms with Crippen molar-refractivity contribution >= 4 is 21.6 Å². The number of halogens is 1. The molecule has 0 bridgehead atoms. The molecule has 0 spiro atoms. The van der Waals surface area contributed by atoms with Crippen LogP contribution in [0.5, 0.6) is 5.88 Å². The number of anilines is 1. The van der Waals surface area contributed by atoms with E-state index in [2.05, 4.69) is 20.8 Å². The van der Waals surface area contributed by atoms with Gasteiger partial charge >= 0.3 is 6.03 Å². The van der Waals surface area contributed by atoms with Crippen molar-refractivity contribution in [1.82, 2.24) is 9.78 Å². The monoisotopic (exact) mass is 433 g/mol. The number of carbonyl (C=O) groups is 1. The lowest BCUT2D eigenvalue weighted by Crippen LogP contribution is -2.25. The Balaban J connectivity index is 1.47. The number of hydrogen-bond donors (Lipinski definition) is 2. The van der Waals surface area contributed by atoms with Gasteiger partial charge in [0.05, 0.1) is 19.3 Å². The van der Waals surface area contributed by atoms with E-state index in [4.69, 9.17) is 9.88 Å². The number of carbonyl (C=O) groups excluding carboxylic acids is 1. The Morgan fingerprint density at radius 2 is 2.20 bits per heavy atom. The van der Waals surface area contributed by atoms with E-state index >= 15 is 0 Å². The van der Waals surface area contributed by atoms with Gasteiger partial charge in [-0.2, -0.15) is 5.10 Å². The van der Waals surface area contributed by atoms with Crippen LogP contribution in [0, 0.1) is 5.92 Å². The molecule has 1 aromatic carbocycles. The summed E-state index contributed by atoms with van der Waals surface area (Å²) in [4.78, 5) is 12.8. The fraction of sp³-hybridized carbons (Fsp3) is 0.500. The molecule has 1 aromatic heterocycles. The van der Waals surface area contributed by atoms with E-state index in [0.717, 1.165) is 41.5 Å². The van der Waals surface area contributed by atoms with Gasteiger partial charge in [-0.1, -0.05) is 13.0 Å². The Hall–Kier alpha value is -2.46. The van der Waals surface area contributed by atoms with Gasteiger partial charge in [0.1, 0.15) is 11.1 Å². The van der Waals surface area contributed by atoms with Crippen molar-refractivity contribution in [2.24, 2.45) is 15.4 Å². The van der Waals surface area contributed by atoms with Crippen LogP contribution in [0.15, 0.2) is 21.5 Å². The van der Waals surface area contributed by atoms with Crippen LogP contribution < -0.4 is 15.2 Å². The van der Waals surface area contributed by atoms with Gasteiger partial charge in [-0.05, 0) is 41.5 Å². The fourth-order valence-corrected chi connectivity index (χ4v) is 5.66. The van der Waals surface area contributed by atoms with Crippen LogP contribution in [0.25, 0.3) is 0 Å². The van der Waals surface area contributed by atoms with Gasteiger partial charge in [0.25, 0.3) is 0 Å². The minimum absolute atomic E-state index is 0.108. The summed E-state index contributed by atoms with van der Waals surface area (Å²) in [6, 6.07) is 1.25. The van der Waals surface area contributed by atoms with Crippen molar-refractivity contribution in [3.8, 4) is 5.88 Å². The third-order valence-electron chi connectivity index (χ3n) is 5.98. The average Bonchev–Trinajstić information content (AvgIpc) is 3.37. The molecule has 3 aliphatic rings. The molecule has 2 aromatic rings. The molecule has 30 heavy (non-hydrogen) atoms. The lowest BCUT2D eigenvalue weighted by molar-refractivity contribution is 0.171. The van der Waals surface area contributed by atoms with Gasteiger partial charge in [-0.3, -0.25) is 0 Å². The molecule has 160 valence electrons. The number of urea groups is 1. The smallest absolute Gasteiger partial charge is 0.354 e. The predicted octanol–water partition coefficient (Wildman–Crippen LogP) is 2.77. The zero-order valence-corrected chi connectivity index (χ0v) is 17.5. The molecule has 0 unspecified atom stereocenters. The molecule has 8 nitrogen and oxygen atoms in total. The van der Waals surface area contributed by atoms with Gasteiger partial charge in [0.15, 0.2) is 9.92 Å². The van der Waals surface area contributed by atoms with Crippen molar-refractivity contribution in [2.75, 3.05) is 11.9 Å². The zero-order valence-electron chi connectivity index (χ0n) is 16.7. The van der Waals surface area contributed by atoms with Crippen molar-refractivity contribution < 1.29 is 18.1 Å². The highest BCUT2D eigenvalue weighted by Gasteiger charge is 2.30. The predicted molar refractivity (Wildman–Crippen MR) is 110 cm³/mol. The quantitative estimate of drug-likeness (QED) is 0.758. The van der Waals surface area contributed by atoms with E-state index in [1.54, 1.807) is 4.68 Å². The molecule has 0 saturated carbocycles. The summed E-state index contributed by atoms with van der Waals surface area (Å²) >= 11 is 0. The van der Waals surface area contributed by atoms with Crippen LogP contribution in [0.1, 0.15) is 35.6 Å². The zero-order chi connectivity index (χ0) is 21.0. The summed E-state index contributed by atoms with van der Waals surface area (Å²) in [5, 5.41) is 12.9. The lowest BCUT2D eigenvalue weighted by atomic mass is 9.99. The van der Waals surface area contributed by atoms with Gasteiger partial charge < -0.3 is 10.1 Å². The first-order valence-corrected chi connectivity index (χ1v) is 11.7. The van der Waals surface area contributed by atoms with Crippen LogP contribution in [0.2, 0.25) is 0 Å². The van der Waals surface area contributed by atoms with E-state index in [1.807, 2.05) is 6.92 Å². The molecule has 5 rings (SSSR count). The number of aromatic nitrogens is 2. The van der Waals surface area contributed by atoms with Gasteiger partial charge in [-0.25, -0.2) is 23.2 Å². The molecule has 3 atom stereocenters. The largest absolute Gasteiger partial charge is 0.477 e. The van der Waals surface area contributed by atoms with Crippen molar-refractivity contribution in [2.45, 2.75) is 56.6 Å². The maximum atomic E-state index is 14.0. The first kappa shape index (κ1) is 19.5. The highest BCUT2D eigenvalue weighted by atomic mass is 32.2. The van der Waals surface area contributed by atoms with Crippen LogP contribution in [0.4, 0.5) is 14.9 Å². The Morgan fingerprint density at radius 1 is 1.37 bits per heavy atom. The number of alkyl halides is 1. The number of fused-ring (bicyclic) bond motifs is 3. The van der Waals surface area contributed by atoms with Gasteiger partial charge in [0.2, 0.25) is 5.88 Å². The van der Waals surface area contributed by atoms with Crippen molar-refractivity contribution in [3.05, 3.63) is 34.5 Å². The summed E-state index contributed by atoms with van der Waals surface area (Å²) in [5.74, 6) is 0.555. The number of amides is 2. The normalized spacial score (nSPS) is 23.7. The molecule has 0 fully saturated rings. The van der Waals surface area contributed by atoms with E-state index in [0.29, 0.717) is 31.1 Å². The topological polar surface area (TPSA) is 112 Å². The maximum absolute atomic E-state index is 14.0. The van der Waals surface area contributed by atoms with Crippen LogP contribution in [0.3, 0.4) is 0 Å². The van der Waals surface area contributed by atoms with Gasteiger partial charge in [-0.15, -0.1) is 4.36 Å². The molecular formula is C20H24FN5O3S. The molecule has 1 aliphatic heterocycles. The number of benzene rings is 1. The van der Waals surface area contributed by atoms with Crippen LogP contribution in [-0.4, -0.2) is 32.8 Å². The fourth-order valence-electron chi connectivity index (χ4n) is 4.65. The number of hydrogen-bond acceptors (Lipinski definition) is 4. The summed E-state index contributed by atoms with van der Waals surface area (Å²) < 4.78 is 38.1. The second kappa shape index (κ2) is 7.05. The number of nitrogens with two attached hydrogens (primary N) is 1. The van der Waals surface area contributed by atoms with E-state index in [-0.39, 0.29) is 17.2 Å². The van der Waals surface area contributed by atoms with Crippen molar-refractivity contribution in [1.29, 1.82) is 0 Å².